The van der Waals surface area contributed by atoms with Crippen molar-refractivity contribution >= 4 is 16.5 Å². The van der Waals surface area contributed by atoms with Crippen LogP contribution < -0.4 is 5.32 Å². The normalized spacial score (nSPS) is 27.7. The smallest absolute Gasteiger partial charge is 0.183 e. The minimum Gasteiger partial charge on any atom is -0.358 e. The molecule has 1 N–H and O–H groups in total. The monoisotopic (exact) mass is 206 g/mol. The van der Waals surface area contributed by atoms with Crippen molar-refractivity contribution in [1.29, 1.82) is 0 Å². The lowest BCUT2D eigenvalue weighted by molar-refractivity contribution is 0.709. The van der Waals surface area contributed by atoms with Crippen LogP contribution in [0.5, 0.6) is 0 Å². The molecule has 2 unspecified atom stereocenters. The highest BCUT2D eigenvalue weighted by molar-refractivity contribution is 7.15. The summed E-state index contributed by atoms with van der Waals surface area (Å²) in [6, 6.07) is 0. The SMILES string of the molecule is C=CCNc1nc2c(s1)C1CCC2C1. The zero-order valence-corrected chi connectivity index (χ0v) is 8.94. The first-order valence-corrected chi connectivity index (χ1v) is 6.05. The van der Waals surface area contributed by atoms with Crippen LogP contribution in [0.25, 0.3) is 0 Å². The zero-order valence-electron chi connectivity index (χ0n) is 8.12. The fourth-order valence-corrected chi connectivity index (χ4v) is 3.84. The Hall–Kier alpha value is -0.830. The van der Waals surface area contributed by atoms with Crippen molar-refractivity contribution in [3.8, 4) is 0 Å². The highest BCUT2D eigenvalue weighted by Crippen LogP contribution is 2.55. The summed E-state index contributed by atoms with van der Waals surface area (Å²) in [5.41, 5.74) is 1.40. The van der Waals surface area contributed by atoms with E-state index in [4.69, 9.17) is 0 Å². The number of anilines is 1. The molecule has 0 amide bonds. The highest BCUT2D eigenvalue weighted by atomic mass is 32.1. The molecule has 2 aliphatic carbocycles. The van der Waals surface area contributed by atoms with E-state index >= 15 is 0 Å². The molecule has 3 rings (SSSR count). The highest BCUT2D eigenvalue weighted by Gasteiger charge is 2.40. The number of thiazole rings is 1. The molecule has 2 bridgehead atoms. The third-order valence-electron chi connectivity index (χ3n) is 3.27. The largest absolute Gasteiger partial charge is 0.358 e. The van der Waals surface area contributed by atoms with Gasteiger partial charge in [0, 0.05) is 17.3 Å². The van der Waals surface area contributed by atoms with E-state index in [0.29, 0.717) is 0 Å². The van der Waals surface area contributed by atoms with Crippen LogP contribution in [0.4, 0.5) is 5.13 Å². The van der Waals surface area contributed by atoms with E-state index in [0.717, 1.165) is 23.5 Å². The first kappa shape index (κ1) is 8.48. The van der Waals surface area contributed by atoms with Gasteiger partial charge in [-0.15, -0.1) is 17.9 Å². The molecule has 1 fully saturated rings. The number of aromatic nitrogens is 1. The summed E-state index contributed by atoms with van der Waals surface area (Å²) in [4.78, 5) is 6.23. The van der Waals surface area contributed by atoms with Crippen LogP contribution in [0.2, 0.25) is 0 Å². The number of nitrogens with one attached hydrogen (secondary N) is 1. The van der Waals surface area contributed by atoms with Crippen molar-refractivity contribution in [2.45, 2.75) is 31.1 Å². The van der Waals surface area contributed by atoms with Crippen molar-refractivity contribution < 1.29 is 0 Å². The maximum Gasteiger partial charge on any atom is 0.183 e. The lowest BCUT2D eigenvalue weighted by Crippen LogP contribution is -1.98. The predicted molar refractivity (Wildman–Crippen MR) is 60.1 cm³/mol. The molecule has 2 aliphatic rings. The molecule has 0 aliphatic heterocycles. The van der Waals surface area contributed by atoms with Crippen molar-refractivity contribution in [1.82, 2.24) is 4.98 Å². The first-order valence-electron chi connectivity index (χ1n) is 5.24. The molecule has 1 saturated carbocycles. The topological polar surface area (TPSA) is 24.9 Å². The van der Waals surface area contributed by atoms with Gasteiger partial charge in [-0.05, 0) is 25.2 Å². The van der Waals surface area contributed by atoms with Gasteiger partial charge in [0.2, 0.25) is 0 Å². The van der Waals surface area contributed by atoms with Gasteiger partial charge in [0.05, 0.1) is 5.69 Å². The fraction of sp³-hybridized carbons (Fsp3) is 0.545. The molecule has 74 valence electrons. The van der Waals surface area contributed by atoms with Crippen molar-refractivity contribution in [3.63, 3.8) is 0 Å². The second-order valence-electron chi connectivity index (χ2n) is 4.14. The van der Waals surface area contributed by atoms with Gasteiger partial charge in [-0.1, -0.05) is 6.08 Å². The molecule has 3 heteroatoms. The van der Waals surface area contributed by atoms with E-state index in [2.05, 4.69) is 16.9 Å². The molecule has 2 atom stereocenters. The summed E-state index contributed by atoms with van der Waals surface area (Å²) in [5.74, 6) is 1.62. The lowest BCUT2D eigenvalue weighted by atomic mass is 10.0. The Morgan fingerprint density at radius 2 is 2.36 bits per heavy atom. The third-order valence-corrected chi connectivity index (χ3v) is 4.46. The van der Waals surface area contributed by atoms with E-state index < -0.39 is 0 Å². The summed E-state index contributed by atoms with van der Waals surface area (Å²) in [6.07, 6.45) is 6.00. The summed E-state index contributed by atoms with van der Waals surface area (Å²) in [7, 11) is 0. The van der Waals surface area contributed by atoms with E-state index in [1.807, 2.05) is 17.4 Å². The molecule has 0 spiro atoms. The van der Waals surface area contributed by atoms with E-state index in [-0.39, 0.29) is 0 Å². The van der Waals surface area contributed by atoms with Crippen LogP contribution in [0.15, 0.2) is 12.7 Å². The number of fused-ring (bicyclic) bond motifs is 5. The molecule has 1 aromatic rings. The molecule has 0 radical (unpaired) electrons. The zero-order chi connectivity index (χ0) is 9.54. The lowest BCUT2D eigenvalue weighted by Gasteiger charge is -2.06. The second-order valence-corrected chi connectivity index (χ2v) is 5.18. The average Bonchev–Trinajstić information content (AvgIpc) is 2.85. The van der Waals surface area contributed by atoms with Crippen LogP contribution in [0.1, 0.15) is 41.7 Å². The third kappa shape index (κ3) is 1.12. The standard InChI is InChI=1S/C11H14N2S/c1-2-5-12-11-13-9-7-3-4-8(6-7)10(9)14-11/h2,7-8H,1,3-6H2,(H,12,13). The van der Waals surface area contributed by atoms with Crippen molar-refractivity contribution in [2.75, 3.05) is 11.9 Å². The molecule has 2 nitrogen and oxygen atoms in total. The quantitative estimate of drug-likeness (QED) is 0.769. The Balaban J connectivity index is 1.87. The maximum absolute atomic E-state index is 4.67. The van der Waals surface area contributed by atoms with Crippen LogP contribution in [0.3, 0.4) is 0 Å². The van der Waals surface area contributed by atoms with E-state index in [1.54, 1.807) is 4.88 Å². The van der Waals surface area contributed by atoms with Crippen LogP contribution in [-0.2, 0) is 0 Å². The Labute approximate surface area is 88.1 Å². The van der Waals surface area contributed by atoms with Gasteiger partial charge in [-0.2, -0.15) is 0 Å². The minimum atomic E-state index is 0.783. The summed E-state index contributed by atoms with van der Waals surface area (Å²) in [5, 5.41) is 4.37. The van der Waals surface area contributed by atoms with E-state index in [9.17, 15) is 0 Å². The summed E-state index contributed by atoms with van der Waals surface area (Å²) >= 11 is 1.86. The minimum absolute atomic E-state index is 0.783. The van der Waals surface area contributed by atoms with Gasteiger partial charge in [0.15, 0.2) is 5.13 Å². The molecule has 0 saturated heterocycles. The Morgan fingerprint density at radius 3 is 3.14 bits per heavy atom. The molecule has 0 aromatic carbocycles. The maximum atomic E-state index is 4.67. The number of hydrogen-bond acceptors (Lipinski definition) is 3. The van der Waals surface area contributed by atoms with Crippen LogP contribution >= 0.6 is 11.3 Å². The van der Waals surface area contributed by atoms with Crippen LogP contribution in [-0.4, -0.2) is 11.5 Å². The molecular formula is C11H14N2S. The Kier molecular flexibility index (Phi) is 1.87. The van der Waals surface area contributed by atoms with Gasteiger partial charge in [0.25, 0.3) is 0 Å². The predicted octanol–water partition coefficient (Wildman–Crippen LogP) is 3.11. The second kappa shape index (κ2) is 3.09. The fourth-order valence-electron chi connectivity index (χ4n) is 2.63. The van der Waals surface area contributed by atoms with Gasteiger partial charge in [-0.25, -0.2) is 4.98 Å². The number of hydrogen-bond donors (Lipinski definition) is 1. The number of nitrogens with zero attached hydrogens (tertiary/aromatic N) is 1. The molecule has 1 aromatic heterocycles. The molecular weight excluding hydrogens is 192 g/mol. The van der Waals surface area contributed by atoms with Crippen molar-refractivity contribution in [2.24, 2.45) is 0 Å². The van der Waals surface area contributed by atoms with Gasteiger partial charge in [0.1, 0.15) is 0 Å². The average molecular weight is 206 g/mol. The van der Waals surface area contributed by atoms with Gasteiger partial charge >= 0.3 is 0 Å². The number of rotatable bonds is 3. The summed E-state index contributed by atoms with van der Waals surface area (Å²) in [6.45, 7) is 4.52. The first-order chi connectivity index (χ1) is 6.88. The van der Waals surface area contributed by atoms with Crippen LogP contribution in [0, 0.1) is 0 Å². The Morgan fingerprint density at radius 1 is 1.50 bits per heavy atom. The molecule has 1 heterocycles. The van der Waals surface area contributed by atoms with Gasteiger partial charge in [-0.3, -0.25) is 0 Å². The van der Waals surface area contributed by atoms with E-state index in [1.165, 1.54) is 25.0 Å². The Bertz CT molecular complexity index is 342. The molecule has 14 heavy (non-hydrogen) atoms. The van der Waals surface area contributed by atoms with Gasteiger partial charge < -0.3 is 5.32 Å². The summed E-state index contributed by atoms with van der Waals surface area (Å²) < 4.78 is 0. The van der Waals surface area contributed by atoms with Crippen molar-refractivity contribution in [3.05, 3.63) is 23.2 Å².